The van der Waals surface area contributed by atoms with E-state index in [-0.39, 0.29) is 18.5 Å². The first-order chi connectivity index (χ1) is 12.2. The Morgan fingerprint density at radius 3 is 2.80 bits per heavy atom. The number of anilines is 1. The van der Waals surface area contributed by atoms with Crippen LogP contribution in [0, 0.1) is 0 Å². The summed E-state index contributed by atoms with van der Waals surface area (Å²) in [6, 6.07) is 5.95. The highest BCUT2D eigenvalue weighted by Crippen LogP contribution is 2.21. The third-order valence-electron chi connectivity index (χ3n) is 5.11. The first-order valence-corrected chi connectivity index (χ1v) is 9.14. The molecule has 1 aromatic rings. The maximum absolute atomic E-state index is 13.7. The summed E-state index contributed by atoms with van der Waals surface area (Å²) in [6.45, 7) is 5.35. The van der Waals surface area contributed by atoms with Crippen LogP contribution in [-0.2, 0) is 4.79 Å². The third-order valence-corrected chi connectivity index (χ3v) is 5.11. The predicted molar refractivity (Wildman–Crippen MR) is 96.4 cm³/mol. The number of piperazine rings is 1. The normalized spacial score (nSPS) is 24.7. The van der Waals surface area contributed by atoms with Crippen LogP contribution < -0.4 is 10.2 Å². The third kappa shape index (κ3) is 4.67. The minimum atomic E-state index is -0.885. The number of carbonyl (C=O) groups is 1. The van der Waals surface area contributed by atoms with Gasteiger partial charge in [-0.1, -0.05) is 6.07 Å². The van der Waals surface area contributed by atoms with Crippen molar-refractivity contribution < 1.29 is 9.18 Å². The highest BCUT2D eigenvalue weighted by atomic mass is 19.1. The second-order valence-electron chi connectivity index (χ2n) is 6.86. The first kappa shape index (κ1) is 18.1. The van der Waals surface area contributed by atoms with Gasteiger partial charge in [-0.3, -0.25) is 9.69 Å². The second-order valence-corrected chi connectivity index (χ2v) is 6.86. The fraction of sp³-hybridized carbons (Fsp3) is 0.667. The molecule has 1 aromatic heterocycles. The molecule has 0 aromatic carbocycles. The molecule has 2 aliphatic heterocycles. The molecule has 0 unspecified atom stereocenters. The van der Waals surface area contributed by atoms with Gasteiger partial charge in [0.15, 0.2) is 0 Å². The van der Waals surface area contributed by atoms with Crippen molar-refractivity contribution in [1.29, 1.82) is 0 Å². The molecule has 1 N–H and O–H groups in total. The highest BCUT2D eigenvalue weighted by molar-refractivity contribution is 5.77. The van der Waals surface area contributed by atoms with E-state index < -0.39 is 6.17 Å². The molecule has 138 valence electrons. The van der Waals surface area contributed by atoms with Gasteiger partial charge < -0.3 is 15.1 Å². The van der Waals surface area contributed by atoms with E-state index in [0.29, 0.717) is 19.4 Å². The lowest BCUT2D eigenvalue weighted by Gasteiger charge is -2.35. The van der Waals surface area contributed by atoms with Gasteiger partial charge in [0.25, 0.3) is 0 Å². The molecule has 7 heteroatoms. The number of rotatable bonds is 6. The molecule has 3 heterocycles. The zero-order chi connectivity index (χ0) is 17.6. The van der Waals surface area contributed by atoms with Crippen LogP contribution in [0.5, 0.6) is 0 Å². The van der Waals surface area contributed by atoms with E-state index in [1.165, 1.54) is 0 Å². The zero-order valence-electron chi connectivity index (χ0n) is 14.9. The molecule has 0 radical (unpaired) electrons. The minimum absolute atomic E-state index is 0.00602. The van der Waals surface area contributed by atoms with Crippen molar-refractivity contribution in [2.24, 2.45) is 0 Å². The number of alkyl halides is 1. The number of amides is 1. The van der Waals surface area contributed by atoms with Crippen LogP contribution in [0.1, 0.15) is 12.8 Å². The van der Waals surface area contributed by atoms with Crippen molar-refractivity contribution in [3.8, 4) is 0 Å². The summed E-state index contributed by atoms with van der Waals surface area (Å²) in [5.74, 6) is 1.09. The lowest BCUT2D eigenvalue weighted by Crippen LogP contribution is -2.48. The van der Waals surface area contributed by atoms with Gasteiger partial charge in [-0.05, 0) is 19.2 Å². The summed E-state index contributed by atoms with van der Waals surface area (Å²) in [7, 11) is 1.84. The van der Waals surface area contributed by atoms with Gasteiger partial charge in [0.1, 0.15) is 12.0 Å². The highest BCUT2D eigenvalue weighted by Gasteiger charge is 2.34. The van der Waals surface area contributed by atoms with Crippen molar-refractivity contribution in [3.63, 3.8) is 0 Å². The SMILES string of the molecule is CNC[C@@H]1C[C@H](F)CN1C(=O)CCN1CCN(c2ccccn2)CC1. The summed E-state index contributed by atoms with van der Waals surface area (Å²) in [4.78, 5) is 23.2. The van der Waals surface area contributed by atoms with Crippen LogP contribution in [0.3, 0.4) is 0 Å². The van der Waals surface area contributed by atoms with Crippen LogP contribution in [0.2, 0.25) is 0 Å². The number of hydrogen-bond donors (Lipinski definition) is 1. The van der Waals surface area contributed by atoms with E-state index >= 15 is 0 Å². The Morgan fingerprint density at radius 2 is 2.12 bits per heavy atom. The number of nitrogens with zero attached hydrogens (tertiary/aromatic N) is 4. The maximum Gasteiger partial charge on any atom is 0.224 e. The Balaban J connectivity index is 1.43. The maximum atomic E-state index is 13.7. The lowest BCUT2D eigenvalue weighted by molar-refractivity contribution is -0.132. The molecule has 0 bridgehead atoms. The molecule has 0 spiro atoms. The van der Waals surface area contributed by atoms with E-state index in [1.54, 1.807) is 4.90 Å². The Kier molecular flexibility index (Phi) is 6.20. The molecule has 2 atom stereocenters. The molecule has 2 fully saturated rings. The van der Waals surface area contributed by atoms with E-state index in [4.69, 9.17) is 0 Å². The molecule has 3 rings (SSSR count). The second kappa shape index (κ2) is 8.58. The summed E-state index contributed by atoms with van der Waals surface area (Å²) in [5, 5.41) is 3.06. The molecule has 0 aliphatic carbocycles. The summed E-state index contributed by atoms with van der Waals surface area (Å²) in [6.07, 6.45) is 1.85. The summed E-state index contributed by atoms with van der Waals surface area (Å²) in [5.41, 5.74) is 0. The number of halogens is 1. The van der Waals surface area contributed by atoms with Crippen LogP contribution in [-0.4, -0.2) is 85.8 Å². The van der Waals surface area contributed by atoms with Crippen LogP contribution in [0.4, 0.5) is 10.2 Å². The smallest absolute Gasteiger partial charge is 0.224 e. The van der Waals surface area contributed by atoms with Gasteiger partial charge in [-0.25, -0.2) is 9.37 Å². The van der Waals surface area contributed by atoms with Gasteiger partial charge in [-0.15, -0.1) is 0 Å². The molecule has 6 nitrogen and oxygen atoms in total. The van der Waals surface area contributed by atoms with Gasteiger partial charge in [0.2, 0.25) is 5.91 Å². The first-order valence-electron chi connectivity index (χ1n) is 9.14. The molecular formula is C18H28FN5O. The number of aromatic nitrogens is 1. The minimum Gasteiger partial charge on any atom is -0.354 e. The quantitative estimate of drug-likeness (QED) is 0.822. The van der Waals surface area contributed by atoms with Crippen LogP contribution in [0.15, 0.2) is 24.4 Å². The molecule has 2 aliphatic rings. The molecular weight excluding hydrogens is 321 g/mol. The Morgan fingerprint density at radius 1 is 1.32 bits per heavy atom. The average Bonchev–Trinajstić information content (AvgIpc) is 3.02. The lowest BCUT2D eigenvalue weighted by atomic mass is 10.2. The van der Waals surface area contributed by atoms with Crippen molar-refractivity contribution in [1.82, 2.24) is 20.1 Å². The zero-order valence-corrected chi connectivity index (χ0v) is 14.9. The number of carbonyl (C=O) groups excluding carboxylic acids is 1. The predicted octanol–water partition coefficient (Wildman–Crippen LogP) is 0.752. The van der Waals surface area contributed by atoms with Gasteiger partial charge in [0, 0.05) is 64.3 Å². The summed E-state index contributed by atoms with van der Waals surface area (Å²) < 4.78 is 13.7. The number of nitrogens with one attached hydrogen (secondary N) is 1. The molecule has 25 heavy (non-hydrogen) atoms. The fourth-order valence-electron chi connectivity index (χ4n) is 3.73. The molecule has 1 amide bonds. The van der Waals surface area contributed by atoms with Crippen molar-refractivity contribution in [3.05, 3.63) is 24.4 Å². The van der Waals surface area contributed by atoms with Crippen LogP contribution in [0.25, 0.3) is 0 Å². The Hall–Kier alpha value is -1.73. The fourth-order valence-corrected chi connectivity index (χ4v) is 3.73. The van der Waals surface area contributed by atoms with E-state index in [9.17, 15) is 9.18 Å². The number of pyridine rings is 1. The van der Waals surface area contributed by atoms with E-state index in [2.05, 4.69) is 20.1 Å². The average molecular weight is 349 g/mol. The number of likely N-dealkylation sites (tertiary alicyclic amines) is 1. The Labute approximate surface area is 149 Å². The van der Waals surface area contributed by atoms with Crippen molar-refractivity contribution in [2.45, 2.75) is 25.1 Å². The van der Waals surface area contributed by atoms with Crippen molar-refractivity contribution >= 4 is 11.7 Å². The van der Waals surface area contributed by atoms with Crippen molar-refractivity contribution in [2.75, 3.05) is 57.8 Å². The monoisotopic (exact) mass is 349 g/mol. The molecule has 0 saturated carbocycles. The topological polar surface area (TPSA) is 51.7 Å². The van der Waals surface area contributed by atoms with Gasteiger partial charge in [-0.2, -0.15) is 0 Å². The van der Waals surface area contributed by atoms with E-state index in [0.717, 1.165) is 38.5 Å². The standard InChI is InChI=1S/C18H28FN5O/c1-20-13-16-12-15(19)14-24(16)18(25)5-7-22-8-10-23(11-9-22)17-4-2-3-6-21-17/h2-4,6,15-16,20H,5,7-14H2,1H3/t15-,16-/m0/s1. The molecule has 2 saturated heterocycles. The van der Waals surface area contributed by atoms with Crippen LogP contribution >= 0.6 is 0 Å². The van der Waals surface area contributed by atoms with Gasteiger partial charge in [0.05, 0.1) is 6.54 Å². The number of likely N-dealkylation sites (N-methyl/N-ethyl adjacent to an activating group) is 1. The largest absolute Gasteiger partial charge is 0.354 e. The number of hydrogen-bond acceptors (Lipinski definition) is 5. The van der Waals surface area contributed by atoms with Gasteiger partial charge >= 0.3 is 0 Å². The Bertz CT molecular complexity index is 550. The van der Waals surface area contributed by atoms with E-state index in [1.807, 2.05) is 31.4 Å². The summed E-state index contributed by atoms with van der Waals surface area (Å²) >= 11 is 0.